The van der Waals surface area contributed by atoms with Crippen LogP contribution in [0, 0.1) is 0 Å². The molecule has 0 bridgehead atoms. The van der Waals surface area contributed by atoms with E-state index in [0.29, 0.717) is 0 Å². The van der Waals surface area contributed by atoms with Crippen LogP contribution in [0.15, 0.2) is 17.4 Å². The zero-order valence-electron chi connectivity index (χ0n) is 10.6. The first-order chi connectivity index (χ1) is 9.49. The second kappa shape index (κ2) is 4.38. The highest BCUT2D eigenvalue weighted by Gasteiger charge is 2.43. The number of aromatic nitrogens is 4. The molecule has 0 saturated carbocycles. The van der Waals surface area contributed by atoms with E-state index < -0.39 is 36.7 Å². The van der Waals surface area contributed by atoms with Crippen LogP contribution in [-0.4, -0.2) is 59.8 Å². The monoisotopic (exact) mass is 270 g/mol. The van der Waals surface area contributed by atoms with E-state index in [4.69, 9.17) is 11.2 Å². The molecule has 4 atom stereocenters. The molecule has 1 aliphatic rings. The highest BCUT2D eigenvalue weighted by atomic mass is 16.6. The smallest absolute Gasteiger partial charge is 0.278 e. The number of aliphatic hydroxyl groups excluding tert-OH is 3. The lowest BCUT2D eigenvalue weighted by Crippen LogP contribution is -2.33. The van der Waals surface area contributed by atoms with Crippen LogP contribution in [0.5, 0.6) is 0 Å². The van der Waals surface area contributed by atoms with Crippen molar-refractivity contribution in [3.05, 3.63) is 23.0 Å². The third-order valence-electron chi connectivity index (χ3n) is 2.99. The van der Waals surface area contributed by atoms with Crippen molar-refractivity contribution in [3.63, 3.8) is 0 Å². The van der Waals surface area contributed by atoms with Crippen LogP contribution in [0.3, 0.4) is 0 Å². The first-order valence-electron chi connectivity index (χ1n) is 6.05. The van der Waals surface area contributed by atoms with E-state index >= 15 is 0 Å². The summed E-state index contributed by atoms with van der Waals surface area (Å²) < 4.78 is 14.4. The van der Waals surface area contributed by atoms with Crippen molar-refractivity contribution in [2.45, 2.75) is 24.5 Å². The largest absolute Gasteiger partial charge is 0.394 e. The lowest BCUT2D eigenvalue weighted by atomic mass is 10.1. The second-order valence-electron chi connectivity index (χ2n) is 4.13. The normalized spacial score (nSPS) is 35.7. The van der Waals surface area contributed by atoms with Crippen molar-refractivity contribution in [2.75, 3.05) is 6.61 Å². The Morgan fingerprint density at radius 3 is 2.95 bits per heavy atom. The van der Waals surface area contributed by atoms with Gasteiger partial charge in [0.1, 0.15) is 18.3 Å². The molecule has 0 amide bonds. The Morgan fingerprint density at radius 1 is 1.47 bits per heavy atom. The minimum atomic E-state index is -2.12. The molecule has 1 saturated heterocycles. The minimum Gasteiger partial charge on any atom is -0.394 e. The Bertz CT molecular complexity index is 702. The van der Waals surface area contributed by atoms with Gasteiger partial charge in [-0.3, -0.25) is 9.36 Å². The average Bonchev–Trinajstić information content (AvgIpc) is 2.96. The molecule has 4 N–H and O–H groups in total. The number of aliphatic hydroxyl groups is 3. The van der Waals surface area contributed by atoms with Gasteiger partial charge in [-0.2, -0.15) is 0 Å². The van der Waals surface area contributed by atoms with Crippen molar-refractivity contribution < 1.29 is 21.4 Å². The van der Waals surface area contributed by atoms with Gasteiger partial charge in [-0.15, -0.1) is 0 Å². The Kier molecular flexibility index (Phi) is 2.55. The molecule has 9 nitrogen and oxygen atoms in total. The van der Waals surface area contributed by atoms with Crippen molar-refractivity contribution in [3.8, 4) is 0 Å². The summed E-state index contributed by atoms with van der Waals surface area (Å²) in [5.74, 6) is 0. The summed E-state index contributed by atoms with van der Waals surface area (Å²) in [6.07, 6.45) is -4.04. The van der Waals surface area contributed by atoms with Gasteiger partial charge in [0.25, 0.3) is 5.56 Å². The first kappa shape index (κ1) is 11.1. The molecule has 0 radical (unpaired) electrons. The fourth-order valence-electron chi connectivity index (χ4n) is 2.00. The molecule has 0 aliphatic carbocycles. The van der Waals surface area contributed by atoms with E-state index in [0.717, 1.165) is 17.2 Å². The quantitative estimate of drug-likeness (QED) is 0.483. The molecule has 1 aliphatic heterocycles. The van der Waals surface area contributed by atoms with Crippen molar-refractivity contribution >= 4 is 11.2 Å². The van der Waals surface area contributed by atoms with Gasteiger partial charge in [-0.05, 0) is 0 Å². The van der Waals surface area contributed by atoms with E-state index in [9.17, 15) is 15.0 Å². The van der Waals surface area contributed by atoms with E-state index in [-0.39, 0.29) is 11.2 Å². The number of ether oxygens (including phenoxy) is 1. The number of fused-ring (bicyclic) bond motifs is 1. The Balaban J connectivity index is 2.15. The number of hydrogen-bond acceptors (Lipinski definition) is 7. The van der Waals surface area contributed by atoms with Gasteiger partial charge >= 0.3 is 0 Å². The van der Waals surface area contributed by atoms with Gasteiger partial charge in [0, 0.05) is 0 Å². The Morgan fingerprint density at radius 2 is 2.26 bits per heavy atom. The third-order valence-corrected chi connectivity index (χ3v) is 2.99. The maximum absolute atomic E-state index is 11.6. The molecular formula is C10H12N4O5. The van der Waals surface area contributed by atoms with Gasteiger partial charge in [0.2, 0.25) is 0 Å². The van der Waals surface area contributed by atoms with Gasteiger partial charge in [0.15, 0.2) is 17.4 Å². The zero-order valence-corrected chi connectivity index (χ0v) is 9.59. The number of imidazole rings is 1. The van der Waals surface area contributed by atoms with Crippen LogP contribution in [0.1, 0.15) is 7.57 Å². The first-order valence-corrected chi connectivity index (χ1v) is 5.55. The van der Waals surface area contributed by atoms with Crippen LogP contribution >= 0.6 is 0 Å². The zero-order chi connectivity index (χ0) is 14.5. The van der Waals surface area contributed by atoms with E-state index in [1.54, 1.807) is 0 Å². The molecule has 2 aromatic rings. The predicted molar refractivity (Wildman–Crippen MR) is 61.2 cm³/mol. The number of nitrogens with zero attached hydrogens (tertiary/aromatic N) is 3. The molecule has 0 aromatic carbocycles. The molecule has 9 heteroatoms. The Labute approximate surface area is 107 Å². The number of H-pyrrole nitrogens is 1. The summed E-state index contributed by atoms with van der Waals surface area (Å²) in [7, 11) is 0. The Hall–Kier alpha value is -1.81. The summed E-state index contributed by atoms with van der Waals surface area (Å²) in [5.41, 5.74) is -0.477. The molecule has 0 spiro atoms. The summed E-state index contributed by atoms with van der Waals surface area (Å²) in [4.78, 5) is 21.6. The fraction of sp³-hybridized carbons (Fsp3) is 0.500. The van der Waals surface area contributed by atoms with Crippen LogP contribution in [0.2, 0.25) is 0 Å². The van der Waals surface area contributed by atoms with E-state index in [1.807, 2.05) is 0 Å². The number of hydrogen-bond donors (Lipinski definition) is 4. The summed E-state index contributed by atoms with van der Waals surface area (Å²) in [6, 6.07) is 0. The molecule has 102 valence electrons. The van der Waals surface area contributed by atoms with E-state index in [2.05, 4.69) is 15.0 Å². The van der Waals surface area contributed by atoms with Crippen molar-refractivity contribution in [2.24, 2.45) is 0 Å². The maximum Gasteiger partial charge on any atom is 0.278 e. The van der Waals surface area contributed by atoms with Crippen LogP contribution in [0.4, 0.5) is 0 Å². The van der Waals surface area contributed by atoms with Crippen molar-refractivity contribution in [1.29, 1.82) is 0 Å². The third kappa shape index (κ3) is 1.75. The van der Waals surface area contributed by atoms with Crippen molar-refractivity contribution in [1.82, 2.24) is 19.5 Å². The molecule has 19 heavy (non-hydrogen) atoms. The van der Waals surface area contributed by atoms with Gasteiger partial charge in [-0.1, -0.05) is 0 Å². The summed E-state index contributed by atoms with van der Waals surface area (Å²) in [5, 5.41) is 28.8. The van der Waals surface area contributed by atoms with Gasteiger partial charge in [0.05, 0.1) is 20.6 Å². The lowest BCUT2D eigenvalue weighted by Gasteiger charge is -2.16. The summed E-state index contributed by atoms with van der Waals surface area (Å²) >= 11 is 0. The van der Waals surface area contributed by atoms with Crippen LogP contribution in [-0.2, 0) is 4.74 Å². The average molecular weight is 270 g/mol. The fourth-order valence-corrected chi connectivity index (χ4v) is 2.00. The molecule has 1 fully saturated rings. The second-order valence-corrected chi connectivity index (χ2v) is 4.13. The number of rotatable bonds is 2. The highest BCUT2D eigenvalue weighted by Crippen LogP contribution is 2.30. The van der Waals surface area contributed by atoms with Crippen LogP contribution in [0.25, 0.3) is 11.2 Å². The molecular weight excluding hydrogens is 256 g/mol. The van der Waals surface area contributed by atoms with Crippen LogP contribution < -0.4 is 5.56 Å². The summed E-state index contributed by atoms with van der Waals surface area (Å²) in [6.45, 7) is -0.556. The molecule has 0 unspecified atom stereocenters. The molecule has 3 rings (SSSR count). The number of aromatic amines is 1. The molecule has 3 heterocycles. The maximum atomic E-state index is 11.6. The SMILES string of the molecule is [3H][C@@]1(n2cnc3c(=O)[nH]cnc32)O[C@H](CO)[C@@H](O)[C@H]1O. The number of nitrogens with one attached hydrogen (secondary N) is 1. The lowest BCUT2D eigenvalue weighted by molar-refractivity contribution is -0.0511. The topological polar surface area (TPSA) is 133 Å². The van der Waals surface area contributed by atoms with E-state index in [1.165, 1.54) is 0 Å². The predicted octanol–water partition coefficient (Wildman–Crippen LogP) is -2.27. The van der Waals surface area contributed by atoms with Gasteiger partial charge in [-0.25, -0.2) is 9.97 Å². The molecule has 2 aromatic heterocycles. The standard InChI is InChI=1S/C10H12N4O5/c15-1-4-6(16)7(17)10(19-4)14-3-13-5-8(14)11-2-12-9(5)18/h2-4,6-7,10,15-17H,1H2,(H,11,12,18)/t4-,6-,7-,10-/m1/s1/i10T. The van der Waals surface area contributed by atoms with Gasteiger partial charge < -0.3 is 25.0 Å². The minimum absolute atomic E-state index is 0.0168. The highest BCUT2D eigenvalue weighted by molar-refractivity contribution is 5.68.